The molecule has 0 spiro atoms. The molecule has 2 aromatic heterocycles. The highest BCUT2D eigenvalue weighted by Gasteiger charge is 2.24. The third-order valence-corrected chi connectivity index (χ3v) is 8.72. The number of hydrogen-bond donors (Lipinski definition) is 0. The van der Waals surface area contributed by atoms with Crippen LogP contribution in [0.4, 0.5) is 5.69 Å². The average molecular weight is 470 g/mol. The number of benzene rings is 1. The van der Waals surface area contributed by atoms with Gasteiger partial charge in [0.1, 0.15) is 12.4 Å². The molecule has 2 aliphatic rings. The maximum Gasteiger partial charge on any atom is 0.161 e. The Hall–Kier alpha value is -1.96. The number of anilines is 1. The summed E-state index contributed by atoms with van der Waals surface area (Å²) in [5.74, 6) is 3.77. The Morgan fingerprint density at radius 1 is 1.19 bits per heavy atom. The molecule has 32 heavy (non-hydrogen) atoms. The van der Waals surface area contributed by atoms with E-state index in [0.29, 0.717) is 0 Å². The highest BCUT2D eigenvalue weighted by molar-refractivity contribution is 8.01. The van der Waals surface area contributed by atoms with Gasteiger partial charge in [-0.05, 0) is 67.9 Å². The number of methoxy groups -OCH3 is 1. The van der Waals surface area contributed by atoms with Crippen molar-refractivity contribution >= 4 is 39.7 Å². The van der Waals surface area contributed by atoms with Gasteiger partial charge < -0.3 is 19.3 Å². The SMILES string of the molecule is COc1ccc2ncc3c(c2c1)N(CCC1CCN(CCSc2cccs2)CC1)CCO3. The second-order valence-electron chi connectivity index (χ2n) is 8.54. The van der Waals surface area contributed by atoms with E-state index < -0.39 is 0 Å². The van der Waals surface area contributed by atoms with Gasteiger partial charge in [0.15, 0.2) is 5.75 Å². The van der Waals surface area contributed by atoms with Crippen LogP contribution in [0.3, 0.4) is 0 Å². The lowest BCUT2D eigenvalue weighted by atomic mass is 9.93. The zero-order valence-corrected chi connectivity index (χ0v) is 20.3. The number of thioether (sulfide) groups is 1. The zero-order valence-electron chi connectivity index (χ0n) is 18.7. The Bertz CT molecular complexity index is 1010. The van der Waals surface area contributed by atoms with Gasteiger partial charge in [-0.25, -0.2) is 0 Å². The second-order valence-corrected chi connectivity index (χ2v) is 10.9. The van der Waals surface area contributed by atoms with Gasteiger partial charge in [0.05, 0.1) is 35.3 Å². The predicted molar refractivity (Wildman–Crippen MR) is 135 cm³/mol. The summed E-state index contributed by atoms with van der Waals surface area (Å²) < 4.78 is 12.9. The number of aromatic nitrogens is 1. The van der Waals surface area contributed by atoms with Gasteiger partial charge >= 0.3 is 0 Å². The van der Waals surface area contributed by atoms with Crippen LogP contribution < -0.4 is 14.4 Å². The average Bonchev–Trinajstić information content (AvgIpc) is 3.36. The molecule has 4 heterocycles. The van der Waals surface area contributed by atoms with E-state index in [1.807, 2.05) is 41.4 Å². The van der Waals surface area contributed by atoms with Gasteiger partial charge in [-0.15, -0.1) is 23.1 Å². The number of hydrogen-bond acceptors (Lipinski definition) is 7. The third-order valence-electron chi connectivity index (χ3n) is 6.61. The quantitative estimate of drug-likeness (QED) is 0.411. The second kappa shape index (κ2) is 10.3. The Balaban J connectivity index is 1.16. The van der Waals surface area contributed by atoms with Crippen LogP contribution in [0.15, 0.2) is 46.1 Å². The summed E-state index contributed by atoms with van der Waals surface area (Å²) in [7, 11) is 1.71. The first-order chi connectivity index (χ1) is 15.8. The van der Waals surface area contributed by atoms with Crippen molar-refractivity contribution in [2.75, 3.05) is 57.1 Å². The van der Waals surface area contributed by atoms with E-state index in [9.17, 15) is 0 Å². The van der Waals surface area contributed by atoms with Gasteiger partial charge in [-0.2, -0.15) is 0 Å². The van der Waals surface area contributed by atoms with Gasteiger partial charge in [-0.3, -0.25) is 4.98 Å². The molecule has 3 aromatic rings. The number of thiophene rings is 1. The van der Waals surface area contributed by atoms with Crippen molar-refractivity contribution in [2.45, 2.75) is 23.5 Å². The molecule has 0 saturated carbocycles. The molecule has 1 fully saturated rings. The molecule has 0 N–H and O–H groups in total. The molecular formula is C25H31N3O2S2. The maximum atomic E-state index is 5.95. The van der Waals surface area contributed by atoms with Crippen molar-refractivity contribution < 1.29 is 9.47 Å². The first kappa shape index (κ1) is 21.9. The summed E-state index contributed by atoms with van der Waals surface area (Å²) >= 11 is 3.84. The fourth-order valence-electron chi connectivity index (χ4n) is 4.76. The maximum absolute atomic E-state index is 5.95. The standard InChI is InChI=1S/C25H31N3O2S2/c1-29-20-4-5-22-21(17-20)25-23(18-26-22)30-14-12-28(25)11-8-19-6-9-27(10-7-19)13-16-32-24-3-2-15-31-24/h2-5,15,17-19H,6-14,16H2,1H3. The lowest BCUT2D eigenvalue weighted by molar-refractivity contribution is 0.188. The van der Waals surface area contributed by atoms with E-state index in [4.69, 9.17) is 9.47 Å². The summed E-state index contributed by atoms with van der Waals surface area (Å²) in [6, 6.07) is 10.5. The van der Waals surface area contributed by atoms with Crippen LogP contribution in [-0.4, -0.2) is 62.1 Å². The van der Waals surface area contributed by atoms with Crippen molar-refractivity contribution in [3.05, 3.63) is 41.9 Å². The minimum absolute atomic E-state index is 0.727. The summed E-state index contributed by atoms with van der Waals surface area (Å²) in [4.78, 5) is 9.74. The van der Waals surface area contributed by atoms with Crippen LogP contribution >= 0.6 is 23.1 Å². The van der Waals surface area contributed by atoms with E-state index in [2.05, 4.69) is 38.4 Å². The number of piperidine rings is 1. The molecule has 2 aliphatic heterocycles. The van der Waals surface area contributed by atoms with Crippen molar-refractivity contribution in [2.24, 2.45) is 5.92 Å². The molecular weight excluding hydrogens is 438 g/mol. The topological polar surface area (TPSA) is 37.8 Å². The monoisotopic (exact) mass is 469 g/mol. The minimum Gasteiger partial charge on any atom is -0.497 e. The molecule has 0 radical (unpaired) electrons. The van der Waals surface area contributed by atoms with Gasteiger partial charge in [0.2, 0.25) is 0 Å². The summed E-state index contributed by atoms with van der Waals surface area (Å²) in [5, 5.41) is 3.29. The molecule has 1 aromatic carbocycles. The highest BCUT2D eigenvalue weighted by Crippen LogP contribution is 2.39. The smallest absolute Gasteiger partial charge is 0.161 e. The minimum atomic E-state index is 0.727. The normalized spacial score (nSPS) is 17.3. The van der Waals surface area contributed by atoms with Crippen LogP contribution in [0.2, 0.25) is 0 Å². The molecule has 0 amide bonds. The number of fused-ring (bicyclic) bond motifs is 3. The van der Waals surface area contributed by atoms with Crippen LogP contribution in [0, 0.1) is 5.92 Å². The van der Waals surface area contributed by atoms with Crippen LogP contribution in [0.25, 0.3) is 10.9 Å². The molecule has 170 valence electrons. The molecule has 5 rings (SSSR count). The molecule has 0 bridgehead atoms. The van der Waals surface area contributed by atoms with Crippen molar-refractivity contribution in [1.29, 1.82) is 0 Å². The largest absolute Gasteiger partial charge is 0.497 e. The van der Waals surface area contributed by atoms with E-state index in [1.54, 1.807) is 7.11 Å². The molecule has 0 atom stereocenters. The summed E-state index contributed by atoms with van der Waals surface area (Å²) in [5.41, 5.74) is 2.18. The van der Waals surface area contributed by atoms with Gasteiger partial charge in [-0.1, -0.05) is 6.07 Å². The predicted octanol–water partition coefficient (Wildman–Crippen LogP) is 5.40. The summed E-state index contributed by atoms with van der Waals surface area (Å²) in [6.07, 6.45) is 5.74. The van der Waals surface area contributed by atoms with Crippen molar-refractivity contribution in [3.63, 3.8) is 0 Å². The molecule has 0 aliphatic carbocycles. The Kier molecular flexibility index (Phi) is 7.05. The first-order valence-electron chi connectivity index (χ1n) is 11.5. The zero-order chi connectivity index (χ0) is 21.8. The number of likely N-dealkylation sites (tertiary alicyclic amines) is 1. The molecule has 1 saturated heterocycles. The molecule has 7 heteroatoms. The van der Waals surface area contributed by atoms with E-state index in [0.717, 1.165) is 48.0 Å². The Labute approximate surface area is 198 Å². The Morgan fingerprint density at radius 3 is 2.91 bits per heavy atom. The van der Waals surface area contributed by atoms with Crippen LogP contribution in [-0.2, 0) is 0 Å². The summed E-state index contributed by atoms with van der Waals surface area (Å²) in [6.45, 7) is 6.41. The van der Waals surface area contributed by atoms with Crippen LogP contribution in [0.1, 0.15) is 19.3 Å². The van der Waals surface area contributed by atoms with Gasteiger partial charge in [0, 0.05) is 24.2 Å². The lowest BCUT2D eigenvalue weighted by Gasteiger charge is -2.35. The third kappa shape index (κ3) is 5.00. The van der Waals surface area contributed by atoms with Crippen molar-refractivity contribution in [1.82, 2.24) is 9.88 Å². The van der Waals surface area contributed by atoms with E-state index >= 15 is 0 Å². The molecule has 5 nitrogen and oxygen atoms in total. The lowest BCUT2D eigenvalue weighted by Crippen LogP contribution is -2.38. The first-order valence-corrected chi connectivity index (χ1v) is 13.4. The molecule has 0 unspecified atom stereocenters. The van der Waals surface area contributed by atoms with E-state index in [-0.39, 0.29) is 0 Å². The van der Waals surface area contributed by atoms with Crippen LogP contribution in [0.5, 0.6) is 11.5 Å². The van der Waals surface area contributed by atoms with E-state index in [1.165, 1.54) is 54.5 Å². The fourth-order valence-corrected chi connectivity index (χ4v) is 6.62. The van der Waals surface area contributed by atoms with Gasteiger partial charge in [0.25, 0.3) is 0 Å². The Morgan fingerprint density at radius 2 is 2.09 bits per heavy atom. The highest BCUT2D eigenvalue weighted by atomic mass is 32.2. The fraction of sp³-hybridized carbons (Fsp3) is 0.480. The number of ether oxygens (including phenoxy) is 2. The van der Waals surface area contributed by atoms with Crippen molar-refractivity contribution in [3.8, 4) is 11.5 Å². The number of rotatable bonds is 8. The number of nitrogens with zero attached hydrogens (tertiary/aromatic N) is 3. The number of pyridine rings is 1.